The molecule has 6 heteroatoms. The molecule has 0 saturated carbocycles. The van der Waals surface area contributed by atoms with Gasteiger partial charge in [0, 0.05) is 28.9 Å². The fraction of sp³-hybridized carbons (Fsp3) is 0.154. The molecule has 0 fully saturated rings. The van der Waals surface area contributed by atoms with Crippen LogP contribution in [0.4, 0.5) is 10.5 Å². The highest BCUT2D eigenvalue weighted by atomic mass is 16.5. The third-order valence-corrected chi connectivity index (χ3v) is 5.61. The molecule has 0 radical (unpaired) electrons. The highest BCUT2D eigenvalue weighted by Gasteiger charge is 2.21. The van der Waals surface area contributed by atoms with Gasteiger partial charge in [0.1, 0.15) is 18.1 Å². The van der Waals surface area contributed by atoms with E-state index in [1.54, 1.807) is 18.1 Å². The van der Waals surface area contributed by atoms with Gasteiger partial charge in [-0.1, -0.05) is 30.3 Å². The van der Waals surface area contributed by atoms with E-state index < -0.39 is 0 Å². The number of para-hydroxylation sites is 1. The SMILES string of the molecule is COc1cccc(NC(=O)N2CCOc3ccc(-c4ccnc5ccccc45)cc3C2)c1. The Morgan fingerprint density at radius 3 is 2.88 bits per heavy atom. The van der Waals surface area contributed by atoms with Crippen molar-refractivity contribution < 1.29 is 14.3 Å². The van der Waals surface area contributed by atoms with E-state index in [1.165, 1.54) is 0 Å². The van der Waals surface area contributed by atoms with Gasteiger partial charge in [-0.25, -0.2) is 4.79 Å². The molecule has 0 bridgehead atoms. The number of benzene rings is 3. The molecule has 0 unspecified atom stereocenters. The summed E-state index contributed by atoms with van der Waals surface area (Å²) in [5.41, 5.74) is 4.80. The van der Waals surface area contributed by atoms with Crippen LogP contribution in [0.5, 0.6) is 11.5 Å². The molecule has 0 saturated heterocycles. The first-order chi connectivity index (χ1) is 15.7. The number of pyridine rings is 1. The lowest BCUT2D eigenvalue weighted by molar-refractivity contribution is 0.200. The topological polar surface area (TPSA) is 63.7 Å². The van der Waals surface area contributed by atoms with Crippen LogP contribution in [0.1, 0.15) is 5.56 Å². The zero-order valence-electron chi connectivity index (χ0n) is 17.7. The first kappa shape index (κ1) is 19.9. The first-order valence-corrected chi connectivity index (χ1v) is 10.5. The first-order valence-electron chi connectivity index (χ1n) is 10.5. The highest BCUT2D eigenvalue weighted by molar-refractivity contribution is 5.94. The number of aromatic nitrogens is 1. The molecule has 32 heavy (non-hydrogen) atoms. The van der Waals surface area contributed by atoms with Crippen LogP contribution in [0.2, 0.25) is 0 Å². The third-order valence-electron chi connectivity index (χ3n) is 5.61. The van der Waals surface area contributed by atoms with Crippen molar-refractivity contribution in [2.75, 3.05) is 25.6 Å². The van der Waals surface area contributed by atoms with E-state index in [0.717, 1.165) is 33.3 Å². The minimum absolute atomic E-state index is 0.172. The molecule has 1 aliphatic rings. The van der Waals surface area contributed by atoms with E-state index in [9.17, 15) is 4.79 Å². The highest BCUT2D eigenvalue weighted by Crippen LogP contribution is 2.32. The van der Waals surface area contributed by atoms with Gasteiger partial charge in [-0.2, -0.15) is 0 Å². The Bertz CT molecular complexity index is 1280. The number of anilines is 1. The molecular formula is C26H23N3O3. The van der Waals surface area contributed by atoms with Crippen LogP contribution >= 0.6 is 0 Å². The Labute approximate surface area is 186 Å². The Morgan fingerprint density at radius 1 is 1.06 bits per heavy atom. The van der Waals surface area contributed by atoms with Crippen LogP contribution < -0.4 is 14.8 Å². The fourth-order valence-corrected chi connectivity index (χ4v) is 3.99. The summed E-state index contributed by atoms with van der Waals surface area (Å²) in [5.74, 6) is 1.50. The Kier molecular flexibility index (Phi) is 5.34. The number of hydrogen-bond donors (Lipinski definition) is 1. The molecule has 2 amide bonds. The van der Waals surface area contributed by atoms with Crippen molar-refractivity contribution in [2.45, 2.75) is 6.54 Å². The molecule has 6 nitrogen and oxygen atoms in total. The van der Waals surface area contributed by atoms with E-state index in [0.29, 0.717) is 31.1 Å². The zero-order chi connectivity index (χ0) is 21.9. The molecular weight excluding hydrogens is 402 g/mol. The molecule has 0 spiro atoms. The molecule has 1 N–H and O–H groups in total. The number of rotatable bonds is 3. The van der Waals surface area contributed by atoms with Crippen LogP contribution in [-0.2, 0) is 6.54 Å². The van der Waals surface area contributed by atoms with Gasteiger partial charge < -0.3 is 19.7 Å². The van der Waals surface area contributed by atoms with Crippen molar-refractivity contribution in [1.82, 2.24) is 9.88 Å². The Morgan fingerprint density at radius 2 is 1.97 bits per heavy atom. The standard InChI is InChI=1S/C26H23N3O3/c1-31-21-6-4-5-20(16-21)28-26(30)29-13-14-32-25-10-9-18(15-19(25)17-29)22-11-12-27-24-8-3-2-7-23(22)24/h2-12,15-16H,13-14,17H2,1H3,(H,28,30). The van der Waals surface area contributed by atoms with E-state index in [1.807, 2.05) is 54.7 Å². The molecule has 0 aliphatic carbocycles. The van der Waals surface area contributed by atoms with E-state index in [-0.39, 0.29) is 6.03 Å². The van der Waals surface area contributed by atoms with Crippen LogP contribution in [0.25, 0.3) is 22.0 Å². The number of urea groups is 1. The summed E-state index contributed by atoms with van der Waals surface area (Å²) in [6.45, 7) is 1.40. The maximum atomic E-state index is 13.0. The summed E-state index contributed by atoms with van der Waals surface area (Å²) in [7, 11) is 1.60. The summed E-state index contributed by atoms with van der Waals surface area (Å²) in [5, 5.41) is 4.05. The molecule has 2 heterocycles. The summed E-state index contributed by atoms with van der Waals surface area (Å²) in [6.07, 6.45) is 1.83. The number of amides is 2. The molecule has 0 atom stereocenters. The molecule has 1 aliphatic heterocycles. The second-order valence-electron chi connectivity index (χ2n) is 7.63. The summed E-state index contributed by atoms with van der Waals surface area (Å²) in [4.78, 5) is 19.2. The largest absolute Gasteiger partial charge is 0.497 e. The van der Waals surface area contributed by atoms with Crippen LogP contribution in [0.15, 0.2) is 79.0 Å². The van der Waals surface area contributed by atoms with Crippen molar-refractivity contribution in [3.05, 3.63) is 84.6 Å². The number of nitrogens with one attached hydrogen (secondary N) is 1. The quantitative estimate of drug-likeness (QED) is 0.481. The van der Waals surface area contributed by atoms with Gasteiger partial charge in [-0.05, 0) is 47.5 Å². The number of methoxy groups -OCH3 is 1. The van der Waals surface area contributed by atoms with Crippen molar-refractivity contribution >= 4 is 22.6 Å². The van der Waals surface area contributed by atoms with Crippen LogP contribution in [0.3, 0.4) is 0 Å². The number of nitrogens with zero attached hydrogens (tertiary/aromatic N) is 2. The van der Waals surface area contributed by atoms with Gasteiger partial charge in [-0.3, -0.25) is 4.98 Å². The summed E-state index contributed by atoms with van der Waals surface area (Å²) in [6, 6.07) is 23.4. The predicted molar refractivity (Wildman–Crippen MR) is 125 cm³/mol. The van der Waals surface area contributed by atoms with Gasteiger partial charge in [0.15, 0.2) is 0 Å². The maximum absolute atomic E-state index is 13.0. The molecule has 4 aromatic rings. The minimum atomic E-state index is -0.172. The van der Waals surface area contributed by atoms with E-state index >= 15 is 0 Å². The average molecular weight is 425 g/mol. The average Bonchev–Trinajstić information content (AvgIpc) is 3.06. The van der Waals surface area contributed by atoms with Crippen LogP contribution in [0, 0.1) is 0 Å². The fourth-order valence-electron chi connectivity index (χ4n) is 3.99. The van der Waals surface area contributed by atoms with Gasteiger partial charge in [0.2, 0.25) is 0 Å². The summed E-state index contributed by atoms with van der Waals surface area (Å²) < 4.78 is 11.2. The van der Waals surface area contributed by atoms with Gasteiger partial charge in [0.25, 0.3) is 0 Å². The Balaban J connectivity index is 1.42. The number of carbonyl (C=O) groups is 1. The normalized spacial score (nSPS) is 13.1. The number of hydrogen-bond acceptors (Lipinski definition) is 4. The van der Waals surface area contributed by atoms with E-state index in [2.05, 4.69) is 28.5 Å². The molecule has 3 aromatic carbocycles. The third kappa shape index (κ3) is 3.95. The second-order valence-corrected chi connectivity index (χ2v) is 7.63. The maximum Gasteiger partial charge on any atom is 0.322 e. The van der Waals surface area contributed by atoms with Crippen molar-refractivity contribution in [3.63, 3.8) is 0 Å². The van der Waals surface area contributed by atoms with Gasteiger partial charge >= 0.3 is 6.03 Å². The zero-order valence-corrected chi connectivity index (χ0v) is 17.7. The molecule has 160 valence electrons. The monoisotopic (exact) mass is 425 g/mol. The van der Waals surface area contributed by atoms with Crippen molar-refractivity contribution in [3.8, 4) is 22.6 Å². The lowest BCUT2D eigenvalue weighted by Gasteiger charge is -2.21. The predicted octanol–water partition coefficient (Wildman–Crippen LogP) is 5.34. The van der Waals surface area contributed by atoms with Gasteiger partial charge in [0.05, 0.1) is 25.7 Å². The number of fused-ring (bicyclic) bond motifs is 2. The lowest BCUT2D eigenvalue weighted by atomic mass is 9.99. The number of ether oxygens (including phenoxy) is 2. The molecule has 1 aromatic heterocycles. The van der Waals surface area contributed by atoms with Crippen molar-refractivity contribution in [1.29, 1.82) is 0 Å². The number of carbonyl (C=O) groups excluding carboxylic acids is 1. The smallest absolute Gasteiger partial charge is 0.322 e. The summed E-state index contributed by atoms with van der Waals surface area (Å²) >= 11 is 0. The minimum Gasteiger partial charge on any atom is -0.497 e. The Hall–Kier alpha value is -4.06. The second kappa shape index (κ2) is 8.59. The van der Waals surface area contributed by atoms with Crippen molar-refractivity contribution in [2.24, 2.45) is 0 Å². The van der Waals surface area contributed by atoms with Crippen LogP contribution in [-0.4, -0.2) is 36.2 Å². The van der Waals surface area contributed by atoms with Gasteiger partial charge in [-0.15, -0.1) is 0 Å². The lowest BCUT2D eigenvalue weighted by Crippen LogP contribution is -2.36. The van der Waals surface area contributed by atoms with E-state index in [4.69, 9.17) is 9.47 Å². The molecule has 5 rings (SSSR count).